The minimum atomic E-state index is 0.691. The molecule has 0 bridgehead atoms. The third kappa shape index (κ3) is 2.64. The summed E-state index contributed by atoms with van der Waals surface area (Å²) < 4.78 is 2.63. The van der Waals surface area contributed by atoms with E-state index in [1.54, 1.807) is 4.68 Å². The summed E-state index contributed by atoms with van der Waals surface area (Å²) in [5, 5.41) is 9.72. The van der Waals surface area contributed by atoms with Gasteiger partial charge in [0.15, 0.2) is 0 Å². The molecule has 6 heteroatoms. The van der Waals surface area contributed by atoms with Gasteiger partial charge in [0.25, 0.3) is 0 Å². The zero-order valence-corrected chi connectivity index (χ0v) is 12.1. The van der Waals surface area contributed by atoms with E-state index in [4.69, 9.17) is 11.6 Å². The predicted octanol–water partition coefficient (Wildman–Crippen LogP) is 3.62. The Bertz CT molecular complexity index is 499. The zero-order chi connectivity index (χ0) is 11.5. The van der Waals surface area contributed by atoms with Crippen molar-refractivity contribution in [3.05, 3.63) is 39.6 Å². The van der Waals surface area contributed by atoms with E-state index in [0.29, 0.717) is 5.02 Å². The highest BCUT2D eigenvalue weighted by Crippen LogP contribution is 2.24. The lowest BCUT2D eigenvalue weighted by Crippen LogP contribution is -1.95. The molecule has 0 N–H and O–H groups in total. The van der Waals surface area contributed by atoms with Gasteiger partial charge < -0.3 is 0 Å². The summed E-state index contributed by atoms with van der Waals surface area (Å²) >= 11 is 12.7. The summed E-state index contributed by atoms with van der Waals surface area (Å²) in [6.45, 7) is 0. The highest BCUT2D eigenvalue weighted by Gasteiger charge is 2.06. The first-order chi connectivity index (χ1) is 7.70. The van der Waals surface area contributed by atoms with Crippen LogP contribution in [0.25, 0.3) is 5.69 Å². The van der Waals surface area contributed by atoms with Crippen LogP contribution in [0.4, 0.5) is 0 Å². The summed E-state index contributed by atoms with van der Waals surface area (Å²) in [7, 11) is 0. The quantitative estimate of drug-likeness (QED) is 0.778. The van der Waals surface area contributed by atoms with E-state index < -0.39 is 0 Å². The molecular weight excluding hydrogens is 357 g/mol. The number of nitrogens with zero attached hydrogens (tertiary/aromatic N) is 3. The van der Waals surface area contributed by atoms with Gasteiger partial charge >= 0.3 is 0 Å². The summed E-state index contributed by atoms with van der Waals surface area (Å²) in [4.78, 5) is 0. The highest BCUT2D eigenvalue weighted by atomic mass is 79.9. The molecule has 0 aliphatic rings. The van der Waals surface area contributed by atoms with Gasteiger partial charge in [-0.1, -0.05) is 32.7 Å². The molecule has 0 saturated carbocycles. The van der Waals surface area contributed by atoms with Crippen molar-refractivity contribution < 1.29 is 0 Å². The van der Waals surface area contributed by atoms with Crippen molar-refractivity contribution in [2.24, 2.45) is 0 Å². The summed E-state index contributed by atoms with van der Waals surface area (Å²) in [6, 6.07) is 5.56. The van der Waals surface area contributed by atoms with Crippen LogP contribution < -0.4 is 0 Å². The molecule has 0 radical (unpaired) electrons. The number of halogens is 3. The molecule has 84 valence electrons. The Labute approximate surface area is 115 Å². The van der Waals surface area contributed by atoms with Crippen LogP contribution >= 0.6 is 43.5 Å². The van der Waals surface area contributed by atoms with Gasteiger partial charge in [-0.3, -0.25) is 0 Å². The fourth-order valence-electron chi connectivity index (χ4n) is 1.29. The molecule has 3 nitrogen and oxygen atoms in total. The predicted molar refractivity (Wildman–Crippen MR) is 71.6 cm³/mol. The second-order valence-electron chi connectivity index (χ2n) is 3.19. The average molecular weight is 365 g/mol. The molecule has 0 amide bonds. The zero-order valence-electron chi connectivity index (χ0n) is 8.20. The van der Waals surface area contributed by atoms with Gasteiger partial charge in [0.1, 0.15) is 0 Å². The van der Waals surface area contributed by atoms with Crippen LogP contribution in [-0.4, -0.2) is 20.3 Å². The van der Waals surface area contributed by atoms with Crippen molar-refractivity contribution in [3.63, 3.8) is 0 Å². The van der Waals surface area contributed by atoms with E-state index in [2.05, 4.69) is 42.2 Å². The Morgan fingerprint density at radius 1 is 1.38 bits per heavy atom. The van der Waals surface area contributed by atoms with Crippen LogP contribution in [0.5, 0.6) is 0 Å². The second-order valence-corrected chi connectivity index (χ2v) is 5.27. The standard InChI is InChI=1S/C10H8Br2ClN3/c11-4-3-8-6-16(15-14-8)10-2-1-7(13)5-9(10)12/h1-2,5-6H,3-4H2. The summed E-state index contributed by atoms with van der Waals surface area (Å²) in [5.41, 5.74) is 1.89. The van der Waals surface area contributed by atoms with E-state index in [-0.39, 0.29) is 0 Å². The molecule has 2 rings (SSSR count). The summed E-state index contributed by atoms with van der Waals surface area (Å²) in [6.07, 6.45) is 2.78. The van der Waals surface area contributed by atoms with Crippen molar-refractivity contribution in [3.8, 4) is 5.69 Å². The van der Waals surface area contributed by atoms with Gasteiger partial charge in [0.05, 0.1) is 17.6 Å². The molecule has 0 aliphatic carbocycles. The average Bonchev–Trinajstić information content (AvgIpc) is 2.67. The van der Waals surface area contributed by atoms with Gasteiger partial charge in [0, 0.05) is 21.2 Å². The van der Waals surface area contributed by atoms with Crippen LogP contribution in [0, 0.1) is 0 Å². The number of aromatic nitrogens is 3. The van der Waals surface area contributed by atoms with E-state index in [9.17, 15) is 0 Å². The van der Waals surface area contributed by atoms with Gasteiger partial charge in [-0.25, -0.2) is 4.68 Å². The largest absolute Gasteiger partial charge is 0.219 e. The smallest absolute Gasteiger partial charge is 0.0840 e. The van der Waals surface area contributed by atoms with Crippen molar-refractivity contribution in [1.29, 1.82) is 0 Å². The normalized spacial score (nSPS) is 10.7. The van der Waals surface area contributed by atoms with Crippen molar-refractivity contribution >= 4 is 43.5 Å². The number of aryl methyl sites for hydroxylation is 1. The maximum absolute atomic E-state index is 5.88. The van der Waals surface area contributed by atoms with Gasteiger partial charge in [-0.05, 0) is 34.1 Å². The third-order valence-corrected chi connectivity index (χ3v) is 3.31. The lowest BCUT2D eigenvalue weighted by molar-refractivity contribution is 0.795. The Morgan fingerprint density at radius 3 is 2.88 bits per heavy atom. The van der Waals surface area contributed by atoms with Crippen LogP contribution in [-0.2, 0) is 6.42 Å². The first-order valence-corrected chi connectivity index (χ1v) is 6.92. The maximum atomic E-state index is 5.88. The Balaban J connectivity index is 2.35. The van der Waals surface area contributed by atoms with E-state index in [0.717, 1.165) is 27.6 Å². The number of benzene rings is 1. The van der Waals surface area contributed by atoms with Gasteiger partial charge in [-0.2, -0.15) is 0 Å². The van der Waals surface area contributed by atoms with E-state index in [1.165, 1.54) is 0 Å². The second kappa shape index (κ2) is 5.29. The van der Waals surface area contributed by atoms with E-state index >= 15 is 0 Å². The number of hydrogen-bond acceptors (Lipinski definition) is 2. The molecule has 16 heavy (non-hydrogen) atoms. The minimum absolute atomic E-state index is 0.691. The Hall–Kier alpha value is -0.390. The minimum Gasteiger partial charge on any atom is -0.219 e. The van der Waals surface area contributed by atoms with Crippen LogP contribution in [0.1, 0.15) is 5.69 Å². The molecule has 0 fully saturated rings. The molecule has 0 spiro atoms. The Morgan fingerprint density at radius 2 is 2.19 bits per heavy atom. The molecule has 1 aromatic heterocycles. The SMILES string of the molecule is Clc1ccc(-n2cc(CCBr)nn2)c(Br)c1. The molecule has 2 aromatic rings. The van der Waals surface area contributed by atoms with Gasteiger partial charge in [0.2, 0.25) is 0 Å². The number of alkyl halides is 1. The molecule has 0 atom stereocenters. The first kappa shape index (κ1) is 12.1. The fourth-order valence-corrected chi connectivity index (χ4v) is 2.57. The van der Waals surface area contributed by atoms with Crippen LogP contribution in [0.3, 0.4) is 0 Å². The molecular formula is C10H8Br2ClN3. The molecule has 0 unspecified atom stereocenters. The molecule has 0 saturated heterocycles. The fraction of sp³-hybridized carbons (Fsp3) is 0.200. The third-order valence-electron chi connectivity index (χ3n) is 2.05. The maximum Gasteiger partial charge on any atom is 0.0840 e. The monoisotopic (exact) mass is 363 g/mol. The Kier molecular flexibility index (Phi) is 4.00. The number of rotatable bonds is 3. The van der Waals surface area contributed by atoms with Crippen molar-refractivity contribution in [1.82, 2.24) is 15.0 Å². The lowest BCUT2D eigenvalue weighted by atomic mass is 10.3. The topological polar surface area (TPSA) is 30.7 Å². The van der Waals surface area contributed by atoms with Crippen LogP contribution in [0.15, 0.2) is 28.9 Å². The molecule has 0 aliphatic heterocycles. The molecule has 1 aromatic carbocycles. The van der Waals surface area contributed by atoms with E-state index in [1.807, 2.05) is 24.4 Å². The number of hydrogen-bond donors (Lipinski definition) is 0. The first-order valence-electron chi connectivity index (χ1n) is 4.63. The van der Waals surface area contributed by atoms with Crippen LogP contribution in [0.2, 0.25) is 5.02 Å². The lowest BCUT2D eigenvalue weighted by Gasteiger charge is -2.03. The molecule has 1 heterocycles. The van der Waals surface area contributed by atoms with Crippen molar-refractivity contribution in [2.75, 3.05) is 5.33 Å². The summed E-state index contributed by atoms with van der Waals surface area (Å²) in [5.74, 6) is 0. The van der Waals surface area contributed by atoms with Crippen molar-refractivity contribution in [2.45, 2.75) is 6.42 Å². The highest BCUT2D eigenvalue weighted by molar-refractivity contribution is 9.10. The van der Waals surface area contributed by atoms with Gasteiger partial charge in [-0.15, -0.1) is 5.10 Å².